The van der Waals surface area contributed by atoms with Crippen molar-refractivity contribution >= 4 is 11.6 Å². The van der Waals surface area contributed by atoms with Gasteiger partial charge in [0.2, 0.25) is 5.91 Å². The molecule has 0 saturated heterocycles. The summed E-state index contributed by atoms with van der Waals surface area (Å²) >= 11 is 0. The van der Waals surface area contributed by atoms with Gasteiger partial charge in [-0.05, 0) is 31.3 Å². The molecule has 0 radical (unpaired) electrons. The van der Waals surface area contributed by atoms with E-state index in [0.29, 0.717) is 25.4 Å². The lowest BCUT2D eigenvalue weighted by atomic mass is 10.3. The maximum absolute atomic E-state index is 11.1. The number of amides is 1. The van der Waals surface area contributed by atoms with Gasteiger partial charge < -0.3 is 15.8 Å². The Labute approximate surface area is 102 Å². The van der Waals surface area contributed by atoms with E-state index in [1.807, 2.05) is 24.1 Å². The zero-order valence-electron chi connectivity index (χ0n) is 10.3. The van der Waals surface area contributed by atoms with Crippen molar-refractivity contribution in [3.8, 4) is 5.75 Å². The van der Waals surface area contributed by atoms with Crippen molar-refractivity contribution in [1.29, 1.82) is 0 Å². The van der Waals surface area contributed by atoms with Gasteiger partial charge in [-0.3, -0.25) is 9.69 Å². The molecule has 0 aliphatic rings. The third-order valence-electron chi connectivity index (χ3n) is 2.31. The van der Waals surface area contributed by atoms with Gasteiger partial charge in [0, 0.05) is 19.3 Å². The second kappa shape index (κ2) is 6.75. The summed E-state index contributed by atoms with van der Waals surface area (Å²) in [5.74, 6) is 0.785. The fourth-order valence-corrected chi connectivity index (χ4v) is 1.29. The molecule has 1 aromatic rings. The van der Waals surface area contributed by atoms with E-state index in [9.17, 15) is 4.79 Å². The molecule has 0 bridgehead atoms. The normalized spacial score (nSPS) is 10.3. The average molecular weight is 237 g/mol. The molecule has 1 amide bonds. The highest BCUT2D eigenvalue weighted by atomic mass is 16.5. The van der Waals surface area contributed by atoms with Crippen molar-refractivity contribution in [3.63, 3.8) is 0 Å². The van der Waals surface area contributed by atoms with Crippen molar-refractivity contribution in [2.24, 2.45) is 0 Å². The third kappa shape index (κ3) is 5.21. The van der Waals surface area contributed by atoms with Gasteiger partial charge >= 0.3 is 0 Å². The first-order valence-electron chi connectivity index (χ1n) is 5.49. The van der Waals surface area contributed by atoms with Crippen LogP contribution in [0.3, 0.4) is 0 Å². The molecule has 94 valence electrons. The van der Waals surface area contributed by atoms with Gasteiger partial charge in [0.15, 0.2) is 0 Å². The van der Waals surface area contributed by atoms with Gasteiger partial charge in [-0.2, -0.15) is 0 Å². The number of benzene rings is 1. The maximum atomic E-state index is 11.1. The minimum absolute atomic E-state index is 0.0000142. The fourth-order valence-electron chi connectivity index (χ4n) is 1.29. The Morgan fingerprint density at radius 1 is 1.41 bits per heavy atom. The summed E-state index contributed by atoms with van der Waals surface area (Å²) in [6.07, 6.45) is 0. The van der Waals surface area contributed by atoms with Gasteiger partial charge in [0.1, 0.15) is 12.4 Å². The number of hydrogen-bond acceptors (Lipinski definition) is 4. The molecule has 3 N–H and O–H groups in total. The lowest BCUT2D eigenvalue weighted by Crippen LogP contribution is -2.35. The van der Waals surface area contributed by atoms with Crippen molar-refractivity contribution in [2.45, 2.75) is 0 Å². The zero-order chi connectivity index (χ0) is 12.7. The van der Waals surface area contributed by atoms with E-state index in [0.717, 1.165) is 5.75 Å². The second-order valence-electron chi connectivity index (χ2n) is 3.83. The quantitative estimate of drug-likeness (QED) is 0.699. The van der Waals surface area contributed by atoms with Crippen molar-refractivity contribution < 1.29 is 9.53 Å². The van der Waals surface area contributed by atoms with Gasteiger partial charge in [-0.25, -0.2) is 0 Å². The molecule has 0 spiro atoms. The minimum atomic E-state index is -0.0000142. The molecule has 0 fully saturated rings. The van der Waals surface area contributed by atoms with Crippen LogP contribution in [0, 0.1) is 0 Å². The Bertz CT molecular complexity index is 351. The van der Waals surface area contributed by atoms with E-state index in [-0.39, 0.29) is 5.91 Å². The smallest absolute Gasteiger partial charge is 0.233 e. The molecule has 0 atom stereocenters. The second-order valence-corrected chi connectivity index (χ2v) is 3.83. The standard InChI is InChI=1S/C12H19N3O2/c1-14-12(16)9-15(2)7-8-17-11-5-3-10(13)4-6-11/h3-6H,7-9,13H2,1-2H3,(H,14,16). The minimum Gasteiger partial charge on any atom is -0.492 e. The van der Waals surface area contributed by atoms with Crippen molar-refractivity contribution in [2.75, 3.05) is 39.5 Å². The number of nitrogen functional groups attached to an aromatic ring is 1. The van der Waals surface area contributed by atoms with Gasteiger partial charge in [0.25, 0.3) is 0 Å². The van der Waals surface area contributed by atoms with Gasteiger partial charge in [0.05, 0.1) is 6.54 Å². The molecular formula is C12H19N3O2. The molecule has 5 nitrogen and oxygen atoms in total. The number of carbonyl (C=O) groups is 1. The van der Waals surface area contributed by atoms with E-state index < -0.39 is 0 Å². The molecule has 1 aromatic carbocycles. The molecule has 0 unspecified atom stereocenters. The first-order valence-corrected chi connectivity index (χ1v) is 5.49. The molecule has 0 saturated carbocycles. The number of nitrogens with one attached hydrogen (secondary N) is 1. The van der Waals surface area contributed by atoms with E-state index in [4.69, 9.17) is 10.5 Å². The number of anilines is 1. The highest BCUT2D eigenvalue weighted by molar-refractivity contribution is 5.77. The number of nitrogens with two attached hydrogens (primary N) is 1. The molecule has 1 rings (SSSR count). The Morgan fingerprint density at radius 2 is 2.06 bits per heavy atom. The van der Waals surface area contributed by atoms with Crippen LogP contribution in [0.2, 0.25) is 0 Å². The van der Waals surface area contributed by atoms with Crippen LogP contribution in [0.1, 0.15) is 0 Å². The Balaban J connectivity index is 2.23. The van der Waals surface area contributed by atoms with Gasteiger partial charge in [-0.1, -0.05) is 0 Å². The number of rotatable bonds is 6. The number of carbonyl (C=O) groups excluding carboxylic acids is 1. The molecule has 0 heterocycles. The molecular weight excluding hydrogens is 218 g/mol. The van der Waals surface area contributed by atoms with Crippen LogP contribution in [0.25, 0.3) is 0 Å². The van der Waals surface area contributed by atoms with Crippen LogP contribution < -0.4 is 15.8 Å². The van der Waals surface area contributed by atoms with E-state index in [1.54, 1.807) is 19.2 Å². The fraction of sp³-hybridized carbons (Fsp3) is 0.417. The summed E-state index contributed by atoms with van der Waals surface area (Å²) in [6, 6.07) is 7.25. The number of likely N-dealkylation sites (N-methyl/N-ethyl adjacent to an activating group) is 2. The summed E-state index contributed by atoms with van der Waals surface area (Å²) in [4.78, 5) is 13.0. The number of nitrogens with zero attached hydrogens (tertiary/aromatic N) is 1. The Hall–Kier alpha value is -1.75. The Morgan fingerprint density at radius 3 is 2.65 bits per heavy atom. The first kappa shape index (κ1) is 13.3. The highest BCUT2D eigenvalue weighted by Gasteiger charge is 2.04. The summed E-state index contributed by atoms with van der Waals surface area (Å²) in [6.45, 7) is 1.61. The summed E-state index contributed by atoms with van der Waals surface area (Å²) in [5, 5.41) is 2.57. The third-order valence-corrected chi connectivity index (χ3v) is 2.31. The van der Waals surface area contributed by atoms with Crippen LogP contribution in [-0.4, -0.2) is 44.6 Å². The first-order chi connectivity index (χ1) is 8.11. The van der Waals surface area contributed by atoms with Crippen LogP contribution in [0.4, 0.5) is 5.69 Å². The lowest BCUT2D eigenvalue weighted by Gasteiger charge is -2.15. The monoisotopic (exact) mass is 237 g/mol. The van der Waals surface area contributed by atoms with E-state index in [2.05, 4.69) is 5.32 Å². The SMILES string of the molecule is CNC(=O)CN(C)CCOc1ccc(N)cc1. The summed E-state index contributed by atoms with van der Waals surface area (Å²) in [7, 11) is 3.50. The van der Waals surface area contributed by atoms with Gasteiger partial charge in [-0.15, -0.1) is 0 Å². The topological polar surface area (TPSA) is 67.6 Å². The zero-order valence-corrected chi connectivity index (χ0v) is 10.3. The number of ether oxygens (including phenoxy) is 1. The summed E-state index contributed by atoms with van der Waals surface area (Å²) < 4.78 is 5.52. The molecule has 0 aliphatic carbocycles. The molecule has 0 aliphatic heterocycles. The van der Waals surface area contributed by atoms with Crippen molar-refractivity contribution in [3.05, 3.63) is 24.3 Å². The summed E-state index contributed by atoms with van der Waals surface area (Å²) in [5.41, 5.74) is 6.28. The van der Waals surface area contributed by atoms with Crippen LogP contribution in [0.15, 0.2) is 24.3 Å². The molecule has 0 aromatic heterocycles. The van der Waals surface area contributed by atoms with Crippen LogP contribution in [-0.2, 0) is 4.79 Å². The van der Waals surface area contributed by atoms with E-state index in [1.165, 1.54) is 0 Å². The lowest BCUT2D eigenvalue weighted by molar-refractivity contribution is -0.121. The maximum Gasteiger partial charge on any atom is 0.233 e. The van der Waals surface area contributed by atoms with Crippen molar-refractivity contribution in [1.82, 2.24) is 10.2 Å². The van der Waals surface area contributed by atoms with Crippen LogP contribution in [0.5, 0.6) is 5.75 Å². The average Bonchev–Trinajstić information content (AvgIpc) is 2.31. The highest BCUT2D eigenvalue weighted by Crippen LogP contribution is 2.12. The number of hydrogen-bond donors (Lipinski definition) is 2. The van der Waals surface area contributed by atoms with E-state index >= 15 is 0 Å². The molecule has 17 heavy (non-hydrogen) atoms. The molecule has 5 heteroatoms. The predicted octanol–water partition coefficient (Wildman–Crippen LogP) is 0.325. The largest absolute Gasteiger partial charge is 0.492 e. The predicted molar refractivity (Wildman–Crippen MR) is 67.9 cm³/mol. The Kier molecular flexibility index (Phi) is 5.29. The van der Waals surface area contributed by atoms with Crippen LogP contribution >= 0.6 is 0 Å².